The molecule has 0 fully saturated rings. The summed E-state index contributed by atoms with van der Waals surface area (Å²) in [6.45, 7) is 4.31. The highest BCUT2D eigenvalue weighted by Crippen LogP contribution is 2.26. The molecule has 0 aliphatic heterocycles. The number of alkyl halides is 1. The van der Waals surface area contributed by atoms with Crippen LogP contribution in [0.15, 0.2) is 42.6 Å². The summed E-state index contributed by atoms with van der Waals surface area (Å²) in [6, 6.07) is 11.8. The fraction of sp³-hybridized carbons (Fsp3) is 0.267. The van der Waals surface area contributed by atoms with Gasteiger partial charge in [-0.25, -0.2) is 4.98 Å². The zero-order valence-electron chi connectivity index (χ0n) is 10.6. The lowest BCUT2D eigenvalue weighted by Crippen LogP contribution is -1.94. The third-order valence-electron chi connectivity index (χ3n) is 2.73. The maximum absolute atomic E-state index is 5.86. The second-order valence-electron chi connectivity index (χ2n) is 4.43. The Kier molecular flexibility index (Phi) is 4.21. The molecule has 1 aromatic carbocycles. The molecule has 0 spiro atoms. The van der Waals surface area contributed by atoms with Gasteiger partial charge in [-0.3, -0.25) is 0 Å². The van der Waals surface area contributed by atoms with Gasteiger partial charge in [0.15, 0.2) is 0 Å². The van der Waals surface area contributed by atoms with E-state index in [0.717, 1.165) is 11.3 Å². The van der Waals surface area contributed by atoms with Crippen LogP contribution in [-0.4, -0.2) is 4.98 Å². The second kappa shape index (κ2) is 5.87. The quantitative estimate of drug-likeness (QED) is 0.742. The number of aromatic nitrogens is 1. The van der Waals surface area contributed by atoms with E-state index in [2.05, 4.69) is 24.9 Å². The summed E-state index contributed by atoms with van der Waals surface area (Å²) < 4.78 is 5.80. The molecule has 0 saturated carbocycles. The van der Waals surface area contributed by atoms with Crippen LogP contribution in [0.3, 0.4) is 0 Å². The van der Waals surface area contributed by atoms with Gasteiger partial charge in [-0.05, 0) is 29.7 Å². The second-order valence-corrected chi connectivity index (χ2v) is 4.70. The van der Waals surface area contributed by atoms with Gasteiger partial charge in [0.05, 0.1) is 5.88 Å². The number of rotatable bonds is 4. The van der Waals surface area contributed by atoms with E-state index in [4.69, 9.17) is 16.3 Å². The summed E-state index contributed by atoms with van der Waals surface area (Å²) in [4.78, 5) is 4.21. The van der Waals surface area contributed by atoms with E-state index in [1.165, 1.54) is 5.56 Å². The van der Waals surface area contributed by atoms with Crippen molar-refractivity contribution in [3.05, 3.63) is 53.7 Å². The van der Waals surface area contributed by atoms with Crippen LogP contribution < -0.4 is 4.74 Å². The summed E-state index contributed by atoms with van der Waals surface area (Å²) in [7, 11) is 0. The number of benzene rings is 1. The minimum atomic E-state index is 0.396. The summed E-state index contributed by atoms with van der Waals surface area (Å²) in [6.07, 6.45) is 1.71. The summed E-state index contributed by atoms with van der Waals surface area (Å²) >= 11 is 5.86. The molecular weight excluding hydrogens is 246 g/mol. The minimum absolute atomic E-state index is 0.396. The Morgan fingerprint density at radius 1 is 1.22 bits per heavy atom. The predicted molar refractivity (Wildman–Crippen MR) is 74.4 cm³/mol. The molecule has 94 valence electrons. The fourth-order valence-corrected chi connectivity index (χ4v) is 1.87. The van der Waals surface area contributed by atoms with Crippen molar-refractivity contribution in [2.75, 3.05) is 0 Å². The van der Waals surface area contributed by atoms with Crippen molar-refractivity contribution in [1.82, 2.24) is 4.98 Å². The van der Waals surface area contributed by atoms with E-state index in [9.17, 15) is 0 Å². The molecular formula is C15H16ClNO. The lowest BCUT2D eigenvalue weighted by Gasteiger charge is -2.10. The number of hydrogen-bond acceptors (Lipinski definition) is 2. The van der Waals surface area contributed by atoms with Gasteiger partial charge in [-0.15, -0.1) is 11.6 Å². The number of nitrogens with zero attached hydrogens (tertiary/aromatic N) is 1. The van der Waals surface area contributed by atoms with Gasteiger partial charge in [0, 0.05) is 11.8 Å². The molecule has 0 amide bonds. The highest BCUT2D eigenvalue weighted by Gasteiger charge is 2.06. The van der Waals surface area contributed by atoms with Gasteiger partial charge in [-0.1, -0.05) is 32.0 Å². The summed E-state index contributed by atoms with van der Waals surface area (Å²) in [5.41, 5.74) is 2.14. The Hall–Kier alpha value is -1.54. The van der Waals surface area contributed by atoms with Crippen molar-refractivity contribution in [3.63, 3.8) is 0 Å². The topological polar surface area (TPSA) is 22.1 Å². The Bertz CT molecular complexity index is 525. The molecule has 1 aromatic heterocycles. The first kappa shape index (κ1) is 12.9. The normalized spacial score (nSPS) is 10.7. The van der Waals surface area contributed by atoms with Crippen molar-refractivity contribution in [2.24, 2.45) is 0 Å². The SMILES string of the molecule is CC(C)c1cccc(Oc2ncccc2CCl)c1. The molecule has 0 saturated heterocycles. The van der Waals surface area contributed by atoms with Gasteiger partial charge in [0.25, 0.3) is 0 Å². The first-order chi connectivity index (χ1) is 8.70. The largest absolute Gasteiger partial charge is 0.439 e. The van der Waals surface area contributed by atoms with Gasteiger partial charge in [-0.2, -0.15) is 0 Å². The molecule has 1 heterocycles. The zero-order valence-corrected chi connectivity index (χ0v) is 11.3. The number of hydrogen-bond donors (Lipinski definition) is 0. The Morgan fingerprint density at radius 3 is 2.78 bits per heavy atom. The van der Waals surface area contributed by atoms with Crippen LogP contribution in [0.5, 0.6) is 11.6 Å². The third kappa shape index (κ3) is 3.02. The molecule has 0 unspecified atom stereocenters. The maximum atomic E-state index is 5.86. The van der Waals surface area contributed by atoms with Crippen LogP contribution in [-0.2, 0) is 5.88 Å². The van der Waals surface area contributed by atoms with Crippen molar-refractivity contribution >= 4 is 11.6 Å². The van der Waals surface area contributed by atoms with Crippen LogP contribution >= 0.6 is 11.6 Å². The molecule has 2 rings (SSSR count). The molecule has 0 atom stereocenters. The van der Waals surface area contributed by atoms with Crippen molar-refractivity contribution in [3.8, 4) is 11.6 Å². The molecule has 0 aliphatic carbocycles. The molecule has 2 aromatic rings. The van der Waals surface area contributed by atoms with Crippen LogP contribution in [0.4, 0.5) is 0 Å². The van der Waals surface area contributed by atoms with Gasteiger partial charge in [0.2, 0.25) is 5.88 Å². The number of ether oxygens (including phenoxy) is 1. The molecule has 18 heavy (non-hydrogen) atoms. The zero-order chi connectivity index (χ0) is 13.0. The maximum Gasteiger partial charge on any atom is 0.223 e. The standard InChI is InChI=1S/C15H16ClNO/c1-11(2)12-5-3-7-14(9-12)18-15-13(10-16)6-4-8-17-15/h3-9,11H,10H2,1-2H3. The van der Waals surface area contributed by atoms with Gasteiger partial charge >= 0.3 is 0 Å². The molecule has 3 heteroatoms. The minimum Gasteiger partial charge on any atom is -0.439 e. The van der Waals surface area contributed by atoms with E-state index in [1.807, 2.05) is 30.3 Å². The Morgan fingerprint density at radius 2 is 2.06 bits per heavy atom. The Balaban J connectivity index is 2.25. The molecule has 2 nitrogen and oxygen atoms in total. The summed E-state index contributed by atoms with van der Waals surface area (Å²) in [5.74, 6) is 2.25. The van der Waals surface area contributed by atoms with Crippen LogP contribution in [0.25, 0.3) is 0 Å². The van der Waals surface area contributed by atoms with Gasteiger partial charge in [0.1, 0.15) is 5.75 Å². The van der Waals surface area contributed by atoms with E-state index >= 15 is 0 Å². The highest BCUT2D eigenvalue weighted by molar-refractivity contribution is 6.17. The first-order valence-electron chi connectivity index (χ1n) is 5.98. The van der Waals surface area contributed by atoms with E-state index < -0.39 is 0 Å². The Labute approximate surface area is 113 Å². The van der Waals surface area contributed by atoms with E-state index in [0.29, 0.717) is 17.7 Å². The van der Waals surface area contributed by atoms with Crippen LogP contribution in [0.1, 0.15) is 30.9 Å². The lowest BCUT2D eigenvalue weighted by atomic mass is 10.0. The average Bonchev–Trinajstić information content (AvgIpc) is 2.39. The molecule has 0 N–H and O–H groups in total. The smallest absolute Gasteiger partial charge is 0.223 e. The highest BCUT2D eigenvalue weighted by atomic mass is 35.5. The third-order valence-corrected chi connectivity index (χ3v) is 3.02. The summed E-state index contributed by atoms with van der Waals surface area (Å²) in [5, 5.41) is 0. The molecule has 0 aliphatic rings. The van der Waals surface area contributed by atoms with E-state index in [-0.39, 0.29) is 0 Å². The van der Waals surface area contributed by atoms with Crippen molar-refractivity contribution in [2.45, 2.75) is 25.6 Å². The first-order valence-corrected chi connectivity index (χ1v) is 6.52. The lowest BCUT2D eigenvalue weighted by molar-refractivity contribution is 0.457. The predicted octanol–water partition coefficient (Wildman–Crippen LogP) is 4.74. The van der Waals surface area contributed by atoms with E-state index in [1.54, 1.807) is 6.20 Å². The molecule has 0 radical (unpaired) electrons. The molecule has 0 bridgehead atoms. The number of pyridine rings is 1. The average molecular weight is 262 g/mol. The number of halogens is 1. The van der Waals surface area contributed by atoms with Gasteiger partial charge < -0.3 is 4.74 Å². The fourth-order valence-electron chi connectivity index (χ4n) is 1.67. The van der Waals surface area contributed by atoms with Crippen molar-refractivity contribution < 1.29 is 4.74 Å². The van der Waals surface area contributed by atoms with Crippen LogP contribution in [0.2, 0.25) is 0 Å². The van der Waals surface area contributed by atoms with Crippen molar-refractivity contribution in [1.29, 1.82) is 0 Å². The monoisotopic (exact) mass is 261 g/mol. The van der Waals surface area contributed by atoms with Crippen LogP contribution in [0, 0.1) is 0 Å².